The van der Waals surface area contributed by atoms with Gasteiger partial charge in [-0.25, -0.2) is 0 Å². The minimum atomic E-state index is 0.636. The van der Waals surface area contributed by atoms with Gasteiger partial charge in [0, 0.05) is 16.6 Å². The number of nitrogens with two attached hydrogens (primary N) is 1. The fraction of sp³-hybridized carbons (Fsp3) is 0.200. The second-order valence-corrected chi connectivity index (χ2v) is 4.06. The van der Waals surface area contributed by atoms with Crippen LogP contribution in [0.4, 0.5) is 5.69 Å². The van der Waals surface area contributed by atoms with E-state index in [9.17, 15) is 0 Å². The monoisotopic (exact) mass is 237 g/mol. The molecule has 0 radical (unpaired) electrons. The lowest BCUT2D eigenvalue weighted by Crippen LogP contribution is -1.91. The van der Waals surface area contributed by atoms with E-state index in [-0.39, 0.29) is 0 Å². The van der Waals surface area contributed by atoms with Crippen LogP contribution < -0.4 is 10.5 Å². The summed E-state index contributed by atoms with van der Waals surface area (Å²) in [4.78, 5) is 4.94. The molecule has 16 heavy (non-hydrogen) atoms. The van der Waals surface area contributed by atoms with Crippen LogP contribution in [0.1, 0.15) is 5.82 Å². The Bertz CT molecular complexity index is 459. The van der Waals surface area contributed by atoms with Crippen molar-refractivity contribution in [1.29, 1.82) is 0 Å². The molecular weight excluding hydrogens is 226 g/mol. The van der Waals surface area contributed by atoms with Gasteiger partial charge in [0.05, 0.1) is 12.9 Å². The van der Waals surface area contributed by atoms with Crippen LogP contribution in [0, 0.1) is 0 Å². The second-order valence-electron chi connectivity index (χ2n) is 3.05. The smallest absolute Gasteiger partial charge is 0.213 e. The first kappa shape index (κ1) is 10.8. The number of benzene rings is 1. The van der Waals surface area contributed by atoms with Crippen molar-refractivity contribution in [2.75, 3.05) is 12.8 Å². The number of aromatic nitrogens is 2. The van der Waals surface area contributed by atoms with Crippen LogP contribution in [0.25, 0.3) is 0 Å². The largest absolute Gasteiger partial charge is 0.496 e. The summed E-state index contributed by atoms with van der Waals surface area (Å²) < 4.78 is 9.88. The van der Waals surface area contributed by atoms with Crippen molar-refractivity contribution in [2.45, 2.75) is 10.6 Å². The fourth-order valence-electron chi connectivity index (χ4n) is 1.20. The highest BCUT2D eigenvalue weighted by Gasteiger charge is 2.06. The first-order chi connectivity index (χ1) is 7.79. The summed E-state index contributed by atoms with van der Waals surface area (Å²) in [6, 6.07) is 5.54. The zero-order valence-electron chi connectivity index (χ0n) is 8.71. The summed E-state index contributed by atoms with van der Waals surface area (Å²) in [6.45, 7) is 0. The molecular formula is C10H11N3O2S. The molecule has 0 atom stereocenters. The molecule has 6 heteroatoms. The molecule has 2 aromatic rings. The van der Waals surface area contributed by atoms with E-state index in [1.54, 1.807) is 24.9 Å². The SMILES string of the molecule is COc1cc(N)ccc1SCc1ncon1. The van der Waals surface area contributed by atoms with Gasteiger partial charge >= 0.3 is 0 Å². The predicted molar refractivity (Wildman–Crippen MR) is 61.3 cm³/mol. The highest BCUT2D eigenvalue weighted by atomic mass is 32.2. The molecule has 2 N–H and O–H groups in total. The van der Waals surface area contributed by atoms with Gasteiger partial charge in [-0.3, -0.25) is 0 Å². The number of hydrogen-bond donors (Lipinski definition) is 1. The highest BCUT2D eigenvalue weighted by Crippen LogP contribution is 2.32. The standard InChI is InChI=1S/C10H11N3O2S/c1-14-8-4-7(11)2-3-9(8)16-5-10-12-6-15-13-10/h2-4,6H,5,11H2,1H3. The third kappa shape index (κ3) is 2.46. The van der Waals surface area contributed by atoms with Gasteiger partial charge in [-0.05, 0) is 12.1 Å². The molecule has 0 bridgehead atoms. The second kappa shape index (κ2) is 4.89. The van der Waals surface area contributed by atoms with E-state index in [1.165, 1.54) is 6.39 Å². The molecule has 5 nitrogen and oxygen atoms in total. The topological polar surface area (TPSA) is 74.2 Å². The normalized spacial score (nSPS) is 10.3. The lowest BCUT2D eigenvalue weighted by molar-refractivity contribution is 0.405. The minimum absolute atomic E-state index is 0.636. The summed E-state index contributed by atoms with van der Waals surface area (Å²) in [5.74, 6) is 2.05. The van der Waals surface area contributed by atoms with E-state index < -0.39 is 0 Å². The number of nitrogen functional groups attached to an aromatic ring is 1. The number of ether oxygens (including phenoxy) is 1. The van der Waals surface area contributed by atoms with E-state index in [0.29, 0.717) is 17.3 Å². The van der Waals surface area contributed by atoms with Crippen molar-refractivity contribution in [3.05, 3.63) is 30.4 Å². The Balaban J connectivity index is 2.09. The lowest BCUT2D eigenvalue weighted by atomic mass is 10.3. The lowest BCUT2D eigenvalue weighted by Gasteiger charge is -2.07. The number of rotatable bonds is 4. The maximum absolute atomic E-state index is 5.66. The van der Waals surface area contributed by atoms with Gasteiger partial charge in [0.25, 0.3) is 0 Å². The van der Waals surface area contributed by atoms with Crippen molar-refractivity contribution in [3.8, 4) is 5.75 Å². The van der Waals surface area contributed by atoms with Crippen molar-refractivity contribution < 1.29 is 9.26 Å². The molecule has 0 spiro atoms. The predicted octanol–water partition coefficient (Wildman–Crippen LogP) is 1.95. The number of nitrogens with zero attached hydrogens (tertiary/aromatic N) is 2. The van der Waals surface area contributed by atoms with E-state index in [4.69, 9.17) is 10.5 Å². The third-order valence-electron chi connectivity index (χ3n) is 1.95. The van der Waals surface area contributed by atoms with Crippen molar-refractivity contribution >= 4 is 17.4 Å². The van der Waals surface area contributed by atoms with Gasteiger partial charge in [-0.1, -0.05) is 5.16 Å². The Hall–Kier alpha value is -1.69. The van der Waals surface area contributed by atoms with Crippen LogP contribution in [-0.4, -0.2) is 17.3 Å². The van der Waals surface area contributed by atoms with Crippen LogP contribution in [0.15, 0.2) is 34.0 Å². The Morgan fingerprint density at radius 3 is 3.06 bits per heavy atom. The Kier molecular flexibility index (Phi) is 3.31. The summed E-state index contributed by atoms with van der Waals surface area (Å²) in [5.41, 5.74) is 6.35. The van der Waals surface area contributed by atoms with E-state index in [0.717, 1.165) is 10.6 Å². The van der Waals surface area contributed by atoms with Gasteiger partial charge in [0.1, 0.15) is 5.75 Å². The van der Waals surface area contributed by atoms with Gasteiger partial charge in [-0.15, -0.1) is 11.8 Å². The first-order valence-electron chi connectivity index (χ1n) is 4.61. The van der Waals surface area contributed by atoms with Crippen molar-refractivity contribution in [1.82, 2.24) is 10.1 Å². The zero-order valence-corrected chi connectivity index (χ0v) is 9.53. The molecule has 1 aromatic carbocycles. The molecule has 0 amide bonds. The molecule has 84 valence electrons. The first-order valence-corrected chi connectivity index (χ1v) is 5.59. The van der Waals surface area contributed by atoms with Crippen LogP contribution >= 0.6 is 11.8 Å². The molecule has 0 saturated heterocycles. The van der Waals surface area contributed by atoms with Crippen LogP contribution in [0.2, 0.25) is 0 Å². The quantitative estimate of drug-likeness (QED) is 0.647. The highest BCUT2D eigenvalue weighted by molar-refractivity contribution is 7.98. The van der Waals surface area contributed by atoms with Crippen LogP contribution in [0.3, 0.4) is 0 Å². The van der Waals surface area contributed by atoms with Crippen LogP contribution in [-0.2, 0) is 5.75 Å². The van der Waals surface area contributed by atoms with Gasteiger partial charge in [-0.2, -0.15) is 4.98 Å². The summed E-state index contributed by atoms with van der Waals surface area (Å²) >= 11 is 1.57. The van der Waals surface area contributed by atoms with Crippen molar-refractivity contribution in [3.63, 3.8) is 0 Å². The van der Waals surface area contributed by atoms with Gasteiger partial charge in [0.2, 0.25) is 6.39 Å². The number of anilines is 1. The molecule has 0 saturated carbocycles. The van der Waals surface area contributed by atoms with E-state index in [2.05, 4.69) is 14.7 Å². The maximum atomic E-state index is 5.66. The zero-order chi connectivity index (χ0) is 11.4. The third-order valence-corrected chi connectivity index (χ3v) is 3.00. The molecule has 2 rings (SSSR count). The maximum Gasteiger partial charge on any atom is 0.213 e. The summed E-state index contributed by atoms with van der Waals surface area (Å²) in [6.07, 6.45) is 1.32. The molecule has 1 aromatic heterocycles. The number of methoxy groups -OCH3 is 1. The van der Waals surface area contributed by atoms with E-state index in [1.807, 2.05) is 12.1 Å². The Morgan fingerprint density at radius 1 is 1.50 bits per heavy atom. The summed E-state index contributed by atoms with van der Waals surface area (Å²) in [5, 5.41) is 3.73. The minimum Gasteiger partial charge on any atom is -0.496 e. The molecule has 0 aliphatic carbocycles. The fourth-order valence-corrected chi connectivity index (χ4v) is 2.06. The molecule has 0 aliphatic rings. The molecule has 1 heterocycles. The van der Waals surface area contributed by atoms with Crippen LogP contribution in [0.5, 0.6) is 5.75 Å². The Labute approximate surface area is 97.0 Å². The number of hydrogen-bond acceptors (Lipinski definition) is 6. The molecule has 0 unspecified atom stereocenters. The average Bonchev–Trinajstić information content (AvgIpc) is 2.80. The average molecular weight is 237 g/mol. The number of thioether (sulfide) groups is 1. The molecule has 0 aliphatic heterocycles. The summed E-state index contributed by atoms with van der Waals surface area (Å²) in [7, 11) is 1.62. The van der Waals surface area contributed by atoms with E-state index >= 15 is 0 Å². The van der Waals surface area contributed by atoms with Gasteiger partial charge in [0.15, 0.2) is 5.82 Å². The molecule has 0 fully saturated rings. The van der Waals surface area contributed by atoms with Gasteiger partial charge < -0.3 is 15.0 Å². The van der Waals surface area contributed by atoms with Crippen molar-refractivity contribution in [2.24, 2.45) is 0 Å². The Morgan fingerprint density at radius 2 is 2.38 bits per heavy atom.